The molecule has 0 aromatic carbocycles. The summed E-state index contributed by atoms with van der Waals surface area (Å²) in [6.45, 7) is 6.88. The van der Waals surface area contributed by atoms with E-state index in [2.05, 4.69) is 31.0 Å². The van der Waals surface area contributed by atoms with Crippen molar-refractivity contribution in [2.45, 2.75) is 46.1 Å². The van der Waals surface area contributed by atoms with Crippen LogP contribution in [0.2, 0.25) is 0 Å². The molecule has 5 nitrogen and oxygen atoms in total. The minimum absolute atomic E-state index is 0.0918. The zero-order valence-corrected chi connectivity index (χ0v) is 13.9. The van der Waals surface area contributed by atoms with Crippen LogP contribution in [0.25, 0.3) is 0 Å². The van der Waals surface area contributed by atoms with Gasteiger partial charge in [0.1, 0.15) is 0 Å². The molecule has 1 saturated carbocycles. The summed E-state index contributed by atoms with van der Waals surface area (Å²) < 4.78 is 0. The van der Waals surface area contributed by atoms with Crippen LogP contribution in [0.5, 0.6) is 0 Å². The first-order valence-corrected chi connectivity index (χ1v) is 7.94. The summed E-state index contributed by atoms with van der Waals surface area (Å²) in [6, 6.07) is 0.264. The first-order valence-electron chi connectivity index (χ1n) is 7.94. The molecule has 1 rings (SSSR count). The molecule has 122 valence electrons. The number of amides is 1. The Kier molecular flexibility index (Phi) is 6.65. The fourth-order valence-electron chi connectivity index (χ4n) is 3.39. The van der Waals surface area contributed by atoms with E-state index in [9.17, 15) is 14.7 Å². The van der Waals surface area contributed by atoms with E-state index in [0.29, 0.717) is 31.2 Å². The molecule has 0 heterocycles. The van der Waals surface area contributed by atoms with Crippen LogP contribution in [0, 0.1) is 23.7 Å². The maximum absolute atomic E-state index is 12.4. The van der Waals surface area contributed by atoms with Gasteiger partial charge in [-0.3, -0.25) is 9.59 Å². The molecule has 1 aliphatic carbocycles. The molecule has 0 spiro atoms. The summed E-state index contributed by atoms with van der Waals surface area (Å²) >= 11 is 0. The maximum Gasteiger partial charge on any atom is 0.307 e. The van der Waals surface area contributed by atoms with Gasteiger partial charge >= 0.3 is 5.97 Å². The van der Waals surface area contributed by atoms with Crippen LogP contribution in [0.3, 0.4) is 0 Å². The smallest absolute Gasteiger partial charge is 0.307 e. The number of hydrogen-bond acceptors (Lipinski definition) is 3. The third-order valence-electron chi connectivity index (χ3n) is 4.81. The lowest BCUT2D eigenvalue weighted by Gasteiger charge is -2.28. The molecule has 5 heteroatoms. The first kappa shape index (κ1) is 18.0. The van der Waals surface area contributed by atoms with Gasteiger partial charge in [-0.1, -0.05) is 27.2 Å². The summed E-state index contributed by atoms with van der Waals surface area (Å²) in [5, 5.41) is 12.3. The topological polar surface area (TPSA) is 69.6 Å². The van der Waals surface area contributed by atoms with Crippen LogP contribution in [-0.4, -0.2) is 48.6 Å². The fourth-order valence-corrected chi connectivity index (χ4v) is 3.39. The van der Waals surface area contributed by atoms with Gasteiger partial charge in [-0.05, 0) is 38.8 Å². The van der Waals surface area contributed by atoms with Crippen LogP contribution >= 0.6 is 0 Å². The predicted molar refractivity (Wildman–Crippen MR) is 83.0 cm³/mol. The van der Waals surface area contributed by atoms with Crippen molar-refractivity contribution in [2.24, 2.45) is 23.7 Å². The molecule has 0 aromatic heterocycles. The molecule has 0 aromatic rings. The predicted octanol–water partition coefficient (Wildman–Crippen LogP) is 1.83. The summed E-state index contributed by atoms with van der Waals surface area (Å²) in [5.74, 6) is -1.03. The summed E-state index contributed by atoms with van der Waals surface area (Å²) in [6.07, 6.45) is 2.28. The molecular formula is C16H30N2O3. The number of carboxylic acids is 1. The van der Waals surface area contributed by atoms with Gasteiger partial charge in [0.25, 0.3) is 0 Å². The number of aliphatic carboxylic acids is 1. The van der Waals surface area contributed by atoms with Crippen LogP contribution in [0.1, 0.15) is 40.0 Å². The zero-order chi connectivity index (χ0) is 16.2. The minimum atomic E-state index is -0.834. The molecular weight excluding hydrogens is 268 g/mol. The second kappa shape index (κ2) is 7.78. The molecule has 0 saturated heterocycles. The summed E-state index contributed by atoms with van der Waals surface area (Å²) in [5.41, 5.74) is 0. The highest BCUT2D eigenvalue weighted by atomic mass is 16.4. The number of carbonyl (C=O) groups is 2. The molecule has 0 radical (unpaired) electrons. The largest absolute Gasteiger partial charge is 0.481 e. The molecule has 21 heavy (non-hydrogen) atoms. The van der Waals surface area contributed by atoms with Crippen LogP contribution in [-0.2, 0) is 9.59 Å². The Hall–Kier alpha value is -1.10. The van der Waals surface area contributed by atoms with E-state index in [1.807, 2.05) is 14.1 Å². The SMILES string of the molecule is CCC1C[C@H](C(=O)NCC(C(C)C)N(C)C)[C@H](C(=O)O)C1. The normalized spacial score (nSPS) is 27.1. The Balaban J connectivity index is 2.63. The highest BCUT2D eigenvalue weighted by Crippen LogP contribution is 2.38. The van der Waals surface area contributed by atoms with Gasteiger partial charge in [-0.15, -0.1) is 0 Å². The van der Waals surface area contributed by atoms with Gasteiger partial charge in [0.15, 0.2) is 0 Å². The van der Waals surface area contributed by atoms with Crippen molar-refractivity contribution in [3.8, 4) is 0 Å². The van der Waals surface area contributed by atoms with Gasteiger partial charge in [0, 0.05) is 12.6 Å². The Labute approximate surface area is 128 Å². The Bertz CT molecular complexity index is 361. The molecule has 4 atom stereocenters. The highest BCUT2D eigenvalue weighted by Gasteiger charge is 2.42. The molecule has 0 aliphatic heterocycles. The summed E-state index contributed by atoms with van der Waals surface area (Å²) in [4.78, 5) is 25.8. The lowest BCUT2D eigenvalue weighted by atomic mass is 9.95. The molecule has 1 aliphatic rings. The zero-order valence-electron chi connectivity index (χ0n) is 13.9. The van der Waals surface area contributed by atoms with Gasteiger partial charge < -0.3 is 15.3 Å². The van der Waals surface area contributed by atoms with Crippen molar-refractivity contribution in [3.63, 3.8) is 0 Å². The van der Waals surface area contributed by atoms with Gasteiger partial charge in [-0.2, -0.15) is 0 Å². The Morgan fingerprint density at radius 2 is 1.81 bits per heavy atom. The van der Waals surface area contributed by atoms with Gasteiger partial charge in [0.05, 0.1) is 11.8 Å². The maximum atomic E-state index is 12.4. The van der Waals surface area contributed by atoms with Crippen molar-refractivity contribution in [3.05, 3.63) is 0 Å². The number of rotatable bonds is 7. The van der Waals surface area contributed by atoms with Gasteiger partial charge in [0.2, 0.25) is 5.91 Å². The number of nitrogens with one attached hydrogen (secondary N) is 1. The second-order valence-electron chi connectivity index (χ2n) is 6.82. The standard InChI is InChI=1S/C16H30N2O3/c1-6-11-7-12(13(8-11)16(20)21)15(19)17-9-14(10(2)3)18(4)5/h10-14H,6-9H2,1-5H3,(H,17,19)(H,20,21)/t11?,12-,13+,14?/m0/s1. The monoisotopic (exact) mass is 298 g/mol. The number of hydrogen-bond donors (Lipinski definition) is 2. The average Bonchev–Trinajstić information content (AvgIpc) is 2.82. The Morgan fingerprint density at radius 3 is 2.24 bits per heavy atom. The molecule has 2 N–H and O–H groups in total. The third kappa shape index (κ3) is 4.70. The molecule has 0 bridgehead atoms. The van der Waals surface area contributed by atoms with E-state index < -0.39 is 11.9 Å². The first-order chi connectivity index (χ1) is 9.77. The third-order valence-corrected chi connectivity index (χ3v) is 4.81. The summed E-state index contributed by atoms with van der Waals surface area (Å²) in [7, 11) is 4.00. The minimum Gasteiger partial charge on any atom is -0.481 e. The van der Waals surface area contributed by atoms with E-state index in [1.54, 1.807) is 0 Å². The van der Waals surface area contributed by atoms with Crippen LogP contribution in [0.4, 0.5) is 0 Å². The quantitative estimate of drug-likeness (QED) is 0.752. The second-order valence-corrected chi connectivity index (χ2v) is 6.82. The lowest BCUT2D eigenvalue weighted by molar-refractivity contribution is -0.146. The van der Waals surface area contributed by atoms with E-state index in [1.165, 1.54) is 0 Å². The molecule has 1 fully saturated rings. The lowest BCUT2D eigenvalue weighted by Crippen LogP contribution is -2.45. The van der Waals surface area contributed by atoms with Crippen LogP contribution < -0.4 is 5.32 Å². The number of carboxylic acid groups (broad SMARTS) is 1. The average molecular weight is 298 g/mol. The van der Waals surface area contributed by atoms with Crippen molar-refractivity contribution >= 4 is 11.9 Å². The van der Waals surface area contributed by atoms with Crippen molar-refractivity contribution in [2.75, 3.05) is 20.6 Å². The van der Waals surface area contributed by atoms with Crippen molar-refractivity contribution < 1.29 is 14.7 Å². The molecule has 1 amide bonds. The number of carbonyl (C=O) groups excluding carboxylic acids is 1. The van der Waals surface area contributed by atoms with Gasteiger partial charge in [-0.25, -0.2) is 0 Å². The van der Waals surface area contributed by atoms with E-state index in [-0.39, 0.29) is 17.9 Å². The van der Waals surface area contributed by atoms with E-state index in [0.717, 1.165) is 6.42 Å². The number of likely N-dealkylation sites (N-methyl/N-ethyl adjacent to an activating group) is 1. The van der Waals surface area contributed by atoms with Crippen molar-refractivity contribution in [1.82, 2.24) is 10.2 Å². The molecule has 2 unspecified atom stereocenters. The number of nitrogens with zero attached hydrogens (tertiary/aromatic N) is 1. The van der Waals surface area contributed by atoms with E-state index >= 15 is 0 Å². The van der Waals surface area contributed by atoms with Crippen molar-refractivity contribution in [1.29, 1.82) is 0 Å². The fraction of sp³-hybridized carbons (Fsp3) is 0.875. The van der Waals surface area contributed by atoms with Crippen LogP contribution in [0.15, 0.2) is 0 Å². The Morgan fingerprint density at radius 1 is 1.24 bits per heavy atom. The highest BCUT2D eigenvalue weighted by molar-refractivity contribution is 5.85. The van der Waals surface area contributed by atoms with E-state index in [4.69, 9.17) is 0 Å².